The molecule has 2 heterocycles. The van der Waals surface area contributed by atoms with Crippen LogP contribution in [0.25, 0.3) is 0 Å². The van der Waals surface area contributed by atoms with E-state index in [9.17, 15) is 9.50 Å². The van der Waals surface area contributed by atoms with Crippen molar-refractivity contribution in [1.82, 2.24) is 10.3 Å². The Balaban J connectivity index is 2.10. The fourth-order valence-corrected chi connectivity index (χ4v) is 2.15. The van der Waals surface area contributed by atoms with Crippen LogP contribution in [0.1, 0.15) is 18.9 Å². The third-order valence-electron chi connectivity index (χ3n) is 3.00. The fraction of sp³-hybridized carbons (Fsp3) is 0.583. The molecule has 0 spiro atoms. The summed E-state index contributed by atoms with van der Waals surface area (Å²) in [5.41, 5.74) is -0.939. The SMILES string of the molecule is CC(O)(CC1COCCN1)c1ccncc1F. The quantitative estimate of drug-likeness (QED) is 0.821. The summed E-state index contributed by atoms with van der Waals surface area (Å²) in [5, 5.41) is 13.6. The first-order chi connectivity index (χ1) is 8.09. The Morgan fingerprint density at radius 2 is 2.53 bits per heavy atom. The van der Waals surface area contributed by atoms with E-state index in [0.29, 0.717) is 19.6 Å². The van der Waals surface area contributed by atoms with Gasteiger partial charge in [-0.1, -0.05) is 0 Å². The molecule has 1 fully saturated rings. The topological polar surface area (TPSA) is 54.4 Å². The second-order valence-electron chi connectivity index (χ2n) is 4.56. The molecule has 1 aromatic heterocycles. The van der Waals surface area contributed by atoms with Crippen molar-refractivity contribution in [1.29, 1.82) is 0 Å². The summed E-state index contributed by atoms with van der Waals surface area (Å²) in [6.07, 6.45) is 3.01. The van der Waals surface area contributed by atoms with Gasteiger partial charge in [-0.05, 0) is 19.4 Å². The van der Waals surface area contributed by atoms with Crippen LogP contribution in [0.4, 0.5) is 4.39 Å². The molecule has 1 saturated heterocycles. The molecule has 0 aromatic carbocycles. The first-order valence-corrected chi connectivity index (χ1v) is 5.73. The van der Waals surface area contributed by atoms with Gasteiger partial charge in [0.05, 0.1) is 25.0 Å². The zero-order valence-electron chi connectivity index (χ0n) is 9.82. The molecular weight excluding hydrogens is 223 g/mol. The molecule has 1 aliphatic rings. The minimum Gasteiger partial charge on any atom is -0.385 e. The number of hydrogen-bond acceptors (Lipinski definition) is 4. The van der Waals surface area contributed by atoms with Crippen LogP contribution in [0.5, 0.6) is 0 Å². The molecule has 5 heteroatoms. The summed E-state index contributed by atoms with van der Waals surface area (Å²) in [6, 6.07) is 1.56. The number of hydrogen-bond donors (Lipinski definition) is 2. The molecular formula is C12H17FN2O2. The van der Waals surface area contributed by atoms with Crippen LogP contribution in [0, 0.1) is 5.82 Å². The molecule has 4 nitrogen and oxygen atoms in total. The van der Waals surface area contributed by atoms with E-state index in [1.807, 2.05) is 0 Å². The van der Waals surface area contributed by atoms with E-state index in [4.69, 9.17) is 4.74 Å². The third-order valence-corrected chi connectivity index (χ3v) is 3.00. The number of pyridine rings is 1. The van der Waals surface area contributed by atoms with E-state index < -0.39 is 11.4 Å². The van der Waals surface area contributed by atoms with Gasteiger partial charge in [0, 0.05) is 24.3 Å². The van der Waals surface area contributed by atoms with Crippen molar-refractivity contribution in [3.05, 3.63) is 29.8 Å². The van der Waals surface area contributed by atoms with Crippen LogP contribution < -0.4 is 5.32 Å². The van der Waals surface area contributed by atoms with Crippen molar-refractivity contribution >= 4 is 0 Å². The van der Waals surface area contributed by atoms with Crippen LogP contribution in [0.15, 0.2) is 18.5 Å². The maximum Gasteiger partial charge on any atom is 0.147 e. The molecule has 94 valence electrons. The number of ether oxygens (including phenoxy) is 1. The molecule has 0 saturated carbocycles. The summed E-state index contributed by atoms with van der Waals surface area (Å²) < 4.78 is 18.9. The predicted molar refractivity (Wildman–Crippen MR) is 61.0 cm³/mol. The van der Waals surface area contributed by atoms with Gasteiger partial charge in [-0.2, -0.15) is 0 Å². The summed E-state index contributed by atoms with van der Waals surface area (Å²) in [5.74, 6) is -0.478. The molecule has 17 heavy (non-hydrogen) atoms. The van der Waals surface area contributed by atoms with E-state index in [1.54, 1.807) is 6.92 Å². The van der Waals surface area contributed by atoms with Crippen molar-refractivity contribution < 1.29 is 14.2 Å². The summed E-state index contributed by atoms with van der Waals surface area (Å²) in [6.45, 7) is 3.60. The Labute approximate surface area is 99.8 Å². The third kappa shape index (κ3) is 3.00. The highest BCUT2D eigenvalue weighted by molar-refractivity contribution is 5.20. The average Bonchev–Trinajstić information content (AvgIpc) is 2.30. The largest absolute Gasteiger partial charge is 0.385 e. The number of halogens is 1. The minimum absolute atomic E-state index is 0.0475. The van der Waals surface area contributed by atoms with E-state index in [-0.39, 0.29) is 11.6 Å². The monoisotopic (exact) mass is 240 g/mol. The number of nitrogens with one attached hydrogen (secondary N) is 1. The zero-order valence-corrected chi connectivity index (χ0v) is 9.82. The number of morpholine rings is 1. The molecule has 1 aliphatic heterocycles. The zero-order chi connectivity index (χ0) is 12.3. The highest BCUT2D eigenvalue weighted by Crippen LogP contribution is 2.28. The smallest absolute Gasteiger partial charge is 0.147 e. The average molecular weight is 240 g/mol. The van der Waals surface area contributed by atoms with Crippen molar-refractivity contribution in [3.8, 4) is 0 Å². The fourth-order valence-electron chi connectivity index (χ4n) is 2.15. The number of aliphatic hydroxyl groups is 1. The summed E-state index contributed by atoms with van der Waals surface area (Å²) >= 11 is 0. The molecule has 2 atom stereocenters. The summed E-state index contributed by atoms with van der Waals surface area (Å²) in [4.78, 5) is 3.68. The van der Waals surface area contributed by atoms with Gasteiger partial charge in [0.1, 0.15) is 5.82 Å². The summed E-state index contributed by atoms with van der Waals surface area (Å²) in [7, 11) is 0. The normalized spacial score (nSPS) is 24.3. The predicted octanol–water partition coefficient (Wildman–Crippen LogP) is 0.807. The second-order valence-corrected chi connectivity index (χ2v) is 4.56. The van der Waals surface area contributed by atoms with Crippen LogP contribution in [0.3, 0.4) is 0 Å². The van der Waals surface area contributed by atoms with E-state index in [1.165, 1.54) is 12.3 Å². The van der Waals surface area contributed by atoms with Crippen molar-refractivity contribution in [2.45, 2.75) is 25.0 Å². The number of rotatable bonds is 3. The lowest BCUT2D eigenvalue weighted by Crippen LogP contribution is -2.45. The van der Waals surface area contributed by atoms with Crippen molar-refractivity contribution in [2.24, 2.45) is 0 Å². The van der Waals surface area contributed by atoms with Gasteiger partial charge in [0.2, 0.25) is 0 Å². The van der Waals surface area contributed by atoms with Crippen molar-refractivity contribution in [3.63, 3.8) is 0 Å². The van der Waals surface area contributed by atoms with Crippen LogP contribution in [0.2, 0.25) is 0 Å². The molecule has 2 N–H and O–H groups in total. The molecule has 1 aromatic rings. The van der Waals surface area contributed by atoms with Gasteiger partial charge in [0.25, 0.3) is 0 Å². The maximum atomic E-state index is 13.6. The standard InChI is InChI=1S/C12H17FN2O2/c1-12(16,6-9-8-17-5-4-15-9)10-2-3-14-7-11(10)13/h2-3,7,9,15-16H,4-6,8H2,1H3. The van der Waals surface area contributed by atoms with Gasteiger partial charge in [-0.25, -0.2) is 4.39 Å². The number of aromatic nitrogens is 1. The Morgan fingerprint density at radius 1 is 1.71 bits per heavy atom. The van der Waals surface area contributed by atoms with Gasteiger partial charge < -0.3 is 15.2 Å². The highest BCUT2D eigenvalue weighted by Gasteiger charge is 2.30. The maximum absolute atomic E-state index is 13.6. The lowest BCUT2D eigenvalue weighted by atomic mass is 9.89. The second kappa shape index (κ2) is 5.08. The Morgan fingerprint density at radius 3 is 3.18 bits per heavy atom. The Kier molecular flexibility index (Phi) is 3.71. The Hall–Kier alpha value is -1.04. The van der Waals surface area contributed by atoms with Gasteiger partial charge in [-0.3, -0.25) is 4.98 Å². The van der Waals surface area contributed by atoms with Gasteiger partial charge in [-0.15, -0.1) is 0 Å². The minimum atomic E-state index is -1.22. The van der Waals surface area contributed by atoms with E-state index in [0.717, 1.165) is 12.7 Å². The molecule has 0 aliphatic carbocycles. The molecule has 0 bridgehead atoms. The Bertz CT molecular complexity index is 379. The number of nitrogens with zero attached hydrogens (tertiary/aromatic N) is 1. The van der Waals surface area contributed by atoms with Crippen LogP contribution >= 0.6 is 0 Å². The van der Waals surface area contributed by atoms with Gasteiger partial charge in [0.15, 0.2) is 0 Å². The van der Waals surface area contributed by atoms with Crippen LogP contribution in [-0.2, 0) is 10.3 Å². The molecule has 0 amide bonds. The first kappa shape index (κ1) is 12.4. The lowest BCUT2D eigenvalue weighted by Gasteiger charge is -2.31. The van der Waals surface area contributed by atoms with E-state index in [2.05, 4.69) is 10.3 Å². The van der Waals surface area contributed by atoms with Crippen LogP contribution in [-0.4, -0.2) is 35.9 Å². The molecule has 2 unspecified atom stereocenters. The molecule has 0 radical (unpaired) electrons. The molecule has 2 rings (SSSR count). The highest BCUT2D eigenvalue weighted by atomic mass is 19.1. The van der Waals surface area contributed by atoms with Crippen molar-refractivity contribution in [2.75, 3.05) is 19.8 Å². The first-order valence-electron chi connectivity index (χ1n) is 5.73. The van der Waals surface area contributed by atoms with E-state index >= 15 is 0 Å². The lowest BCUT2D eigenvalue weighted by molar-refractivity contribution is 0.00103. The van der Waals surface area contributed by atoms with Gasteiger partial charge >= 0.3 is 0 Å².